The molecular formula is C22H25ClN4O4. The smallest absolute Gasteiger partial charge is 0.409 e. The van der Waals surface area contributed by atoms with Crippen LogP contribution in [0.1, 0.15) is 27.6 Å². The molecule has 0 bridgehead atoms. The van der Waals surface area contributed by atoms with Crippen molar-refractivity contribution in [1.82, 2.24) is 19.7 Å². The molecule has 0 atom stereocenters. The molecule has 0 spiro atoms. The fourth-order valence-corrected chi connectivity index (χ4v) is 3.28. The van der Waals surface area contributed by atoms with E-state index in [0.29, 0.717) is 49.0 Å². The molecular weight excluding hydrogens is 420 g/mol. The number of ketones is 1. The third-order valence-electron chi connectivity index (χ3n) is 5.17. The van der Waals surface area contributed by atoms with Crippen LogP contribution in [0.25, 0.3) is 0 Å². The van der Waals surface area contributed by atoms with Crippen molar-refractivity contribution in [3.8, 4) is 5.75 Å². The number of piperazine rings is 1. The minimum atomic E-state index is -0.508. The number of carbonyl (C=O) groups is 3. The zero-order chi connectivity index (χ0) is 22.4. The summed E-state index contributed by atoms with van der Waals surface area (Å²) in [5.41, 5.74) is 0.854. The van der Waals surface area contributed by atoms with Gasteiger partial charge >= 0.3 is 6.09 Å². The lowest BCUT2D eigenvalue weighted by Crippen LogP contribution is -2.50. The van der Waals surface area contributed by atoms with E-state index in [9.17, 15) is 14.4 Å². The number of hydrogen-bond donors (Lipinski definition) is 0. The van der Waals surface area contributed by atoms with Gasteiger partial charge in [0, 0.05) is 46.0 Å². The molecule has 9 heteroatoms. The van der Waals surface area contributed by atoms with Crippen LogP contribution in [-0.4, -0.2) is 83.8 Å². The topological polar surface area (TPSA) is 83.0 Å². The van der Waals surface area contributed by atoms with Crippen LogP contribution in [0, 0.1) is 0 Å². The van der Waals surface area contributed by atoms with Crippen LogP contribution in [0.2, 0.25) is 5.15 Å². The Morgan fingerprint density at radius 2 is 1.81 bits per heavy atom. The molecule has 1 saturated heterocycles. The van der Waals surface area contributed by atoms with Gasteiger partial charge in [0.15, 0.2) is 5.78 Å². The van der Waals surface area contributed by atoms with E-state index in [-0.39, 0.29) is 24.0 Å². The molecule has 0 N–H and O–H groups in total. The molecule has 2 amide bonds. The molecule has 1 aliphatic heterocycles. The van der Waals surface area contributed by atoms with E-state index in [2.05, 4.69) is 4.98 Å². The highest BCUT2D eigenvalue weighted by atomic mass is 35.5. The quantitative estimate of drug-likeness (QED) is 0.503. The molecule has 164 valence electrons. The van der Waals surface area contributed by atoms with Gasteiger partial charge in [-0.05, 0) is 31.2 Å². The Labute approximate surface area is 186 Å². The van der Waals surface area contributed by atoms with Gasteiger partial charge < -0.3 is 14.5 Å². The summed E-state index contributed by atoms with van der Waals surface area (Å²) >= 11 is 5.78. The monoisotopic (exact) mass is 444 g/mol. The molecule has 0 saturated carbocycles. The Kier molecular flexibility index (Phi) is 7.59. The largest absolute Gasteiger partial charge is 0.414 e. The van der Waals surface area contributed by atoms with E-state index in [1.165, 1.54) is 11.1 Å². The molecule has 1 aliphatic rings. The van der Waals surface area contributed by atoms with Crippen molar-refractivity contribution in [2.75, 3.05) is 46.3 Å². The van der Waals surface area contributed by atoms with Crippen LogP contribution in [-0.2, 0) is 0 Å². The van der Waals surface area contributed by atoms with Crippen LogP contribution in [0.4, 0.5) is 4.79 Å². The van der Waals surface area contributed by atoms with E-state index in [4.69, 9.17) is 16.3 Å². The van der Waals surface area contributed by atoms with Crippen molar-refractivity contribution in [2.45, 2.75) is 6.92 Å². The molecule has 8 nitrogen and oxygen atoms in total. The normalized spacial score (nSPS) is 14.2. The molecule has 2 aromatic rings. The van der Waals surface area contributed by atoms with Gasteiger partial charge in [0.1, 0.15) is 10.9 Å². The molecule has 2 heterocycles. The maximum Gasteiger partial charge on any atom is 0.414 e. The lowest BCUT2D eigenvalue weighted by molar-refractivity contribution is 0.0624. The van der Waals surface area contributed by atoms with Crippen LogP contribution in [0.3, 0.4) is 0 Å². The summed E-state index contributed by atoms with van der Waals surface area (Å²) in [5, 5.41) is 0.340. The molecule has 31 heavy (non-hydrogen) atoms. The first-order chi connectivity index (χ1) is 14.9. The number of carbonyl (C=O) groups excluding carboxylic acids is 3. The van der Waals surface area contributed by atoms with Gasteiger partial charge in [0.05, 0.1) is 17.7 Å². The lowest BCUT2D eigenvalue weighted by atomic mass is 10.1. The van der Waals surface area contributed by atoms with Crippen molar-refractivity contribution in [2.24, 2.45) is 0 Å². The number of pyridine rings is 1. The fourth-order valence-electron chi connectivity index (χ4n) is 3.17. The highest BCUT2D eigenvalue weighted by Crippen LogP contribution is 2.20. The highest BCUT2D eigenvalue weighted by molar-refractivity contribution is 6.29. The van der Waals surface area contributed by atoms with E-state index in [0.717, 1.165) is 0 Å². The lowest BCUT2D eigenvalue weighted by Gasteiger charge is -2.34. The van der Waals surface area contributed by atoms with Crippen LogP contribution >= 0.6 is 11.6 Å². The predicted molar refractivity (Wildman–Crippen MR) is 117 cm³/mol. The van der Waals surface area contributed by atoms with Crippen molar-refractivity contribution < 1.29 is 19.1 Å². The van der Waals surface area contributed by atoms with Gasteiger partial charge in [-0.1, -0.05) is 23.7 Å². The number of ether oxygens (including phenoxy) is 1. The van der Waals surface area contributed by atoms with Gasteiger partial charge in [-0.2, -0.15) is 0 Å². The minimum absolute atomic E-state index is 0.104. The third-order valence-corrected chi connectivity index (χ3v) is 5.40. The summed E-state index contributed by atoms with van der Waals surface area (Å²) in [6, 6.07) is 9.98. The van der Waals surface area contributed by atoms with Crippen molar-refractivity contribution in [1.29, 1.82) is 0 Å². The standard InChI is InChI=1S/C22H25ClN4O4/c1-3-25(2)22(30)31-19-7-5-4-6-17(19)18(28)15-26-10-12-27(13-11-26)21(29)16-8-9-20(23)24-14-16/h4-9,14H,3,10-13,15H2,1-2H3. The number of para-hydroxylation sites is 1. The number of aromatic nitrogens is 1. The van der Waals surface area contributed by atoms with Crippen LogP contribution < -0.4 is 4.74 Å². The number of amides is 2. The van der Waals surface area contributed by atoms with Crippen molar-refractivity contribution in [3.05, 3.63) is 58.9 Å². The molecule has 0 aliphatic carbocycles. The molecule has 1 aromatic heterocycles. The number of halogens is 1. The molecule has 0 unspecified atom stereocenters. The van der Waals surface area contributed by atoms with Gasteiger partial charge in [-0.15, -0.1) is 0 Å². The van der Waals surface area contributed by atoms with Crippen LogP contribution in [0.15, 0.2) is 42.6 Å². The van der Waals surface area contributed by atoms with Crippen LogP contribution in [0.5, 0.6) is 5.75 Å². The summed E-state index contributed by atoms with van der Waals surface area (Å²) in [6.45, 7) is 4.68. The Morgan fingerprint density at radius 3 is 2.45 bits per heavy atom. The Hall–Kier alpha value is -2.97. The predicted octanol–water partition coefficient (Wildman–Crippen LogP) is 2.83. The van der Waals surface area contributed by atoms with Gasteiger partial charge in [0.2, 0.25) is 0 Å². The van der Waals surface area contributed by atoms with Crippen molar-refractivity contribution >= 4 is 29.4 Å². The van der Waals surface area contributed by atoms with E-state index in [1.807, 2.05) is 11.8 Å². The van der Waals surface area contributed by atoms with Crippen molar-refractivity contribution in [3.63, 3.8) is 0 Å². The summed E-state index contributed by atoms with van der Waals surface area (Å²) in [5.74, 6) is 0.0125. The van der Waals surface area contributed by atoms with Gasteiger partial charge in [-0.25, -0.2) is 9.78 Å². The maximum absolute atomic E-state index is 12.9. The number of rotatable bonds is 6. The van der Waals surface area contributed by atoms with E-state index >= 15 is 0 Å². The summed E-state index contributed by atoms with van der Waals surface area (Å²) in [6.07, 6.45) is 0.959. The third kappa shape index (κ3) is 5.80. The fraction of sp³-hybridized carbons (Fsp3) is 0.364. The number of nitrogens with zero attached hydrogens (tertiary/aromatic N) is 4. The second-order valence-electron chi connectivity index (χ2n) is 7.24. The first-order valence-corrected chi connectivity index (χ1v) is 10.4. The maximum atomic E-state index is 12.9. The second-order valence-corrected chi connectivity index (χ2v) is 7.63. The zero-order valence-electron chi connectivity index (χ0n) is 17.6. The molecule has 1 fully saturated rings. The first-order valence-electron chi connectivity index (χ1n) is 10.1. The molecule has 3 rings (SSSR count). The Morgan fingerprint density at radius 1 is 1.10 bits per heavy atom. The number of Topliss-reactive ketones (excluding diaryl/α,β-unsaturated/α-hetero) is 1. The second kappa shape index (κ2) is 10.4. The molecule has 0 radical (unpaired) electrons. The number of benzene rings is 1. The highest BCUT2D eigenvalue weighted by Gasteiger charge is 2.25. The average molecular weight is 445 g/mol. The zero-order valence-corrected chi connectivity index (χ0v) is 18.3. The van der Waals surface area contributed by atoms with E-state index in [1.54, 1.807) is 48.3 Å². The first kappa shape index (κ1) is 22.7. The Bertz CT molecular complexity index is 943. The SMILES string of the molecule is CCN(C)C(=O)Oc1ccccc1C(=O)CN1CCN(C(=O)c2ccc(Cl)nc2)CC1. The summed E-state index contributed by atoms with van der Waals surface area (Å²) in [4.78, 5) is 46.6. The van der Waals surface area contributed by atoms with E-state index < -0.39 is 6.09 Å². The molecule has 1 aromatic carbocycles. The van der Waals surface area contributed by atoms with Gasteiger partial charge in [0.25, 0.3) is 5.91 Å². The number of hydrogen-bond acceptors (Lipinski definition) is 6. The summed E-state index contributed by atoms with van der Waals surface area (Å²) in [7, 11) is 1.63. The minimum Gasteiger partial charge on any atom is -0.409 e. The average Bonchev–Trinajstić information content (AvgIpc) is 2.79. The Balaban J connectivity index is 1.57. The summed E-state index contributed by atoms with van der Waals surface area (Å²) < 4.78 is 5.39. The van der Waals surface area contributed by atoms with Gasteiger partial charge in [-0.3, -0.25) is 14.5 Å².